The van der Waals surface area contributed by atoms with Gasteiger partial charge < -0.3 is 15.2 Å². The van der Waals surface area contributed by atoms with Gasteiger partial charge in [-0.05, 0) is 30.7 Å². The molecule has 0 aromatic heterocycles. The van der Waals surface area contributed by atoms with Crippen LogP contribution < -0.4 is 11.0 Å². The van der Waals surface area contributed by atoms with E-state index in [0.29, 0.717) is 12.3 Å². The number of nitrogens with two attached hydrogens (primary N) is 1. The Hall–Kier alpha value is -0.830. The summed E-state index contributed by atoms with van der Waals surface area (Å²) in [6, 6.07) is 6.20. The fourth-order valence-corrected chi connectivity index (χ4v) is 2.12. The predicted octanol–water partition coefficient (Wildman–Crippen LogP) is 1.90. The summed E-state index contributed by atoms with van der Waals surface area (Å²) in [7, 11) is -3.65. The average molecular weight is 229 g/mol. The molecule has 1 unspecified atom stereocenters. The van der Waals surface area contributed by atoms with Crippen molar-refractivity contribution in [1.82, 2.24) is 0 Å². The number of anilines is 1. The zero-order valence-corrected chi connectivity index (χ0v) is 9.61. The molecule has 0 aliphatic carbocycles. The molecule has 84 valence electrons. The first-order valence-corrected chi connectivity index (χ1v) is 6.47. The van der Waals surface area contributed by atoms with E-state index in [-0.39, 0.29) is 5.30 Å². The molecule has 1 atom stereocenters. The minimum atomic E-state index is -3.65. The fourth-order valence-electron chi connectivity index (χ4n) is 1.07. The van der Waals surface area contributed by atoms with E-state index in [1.165, 1.54) is 12.1 Å². The number of hydrogen-bond acceptors (Lipinski definition) is 3. The second kappa shape index (κ2) is 5.31. The standard InChI is InChI=1S/C10H16NO3P/c1-2-3-8-14-15(12,13)10-6-4-9(11)5-7-10/h4-7H,2-3,8,11H2,1H3,(H,12,13). The van der Waals surface area contributed by atoms with Crippen LogP contribution in [-0.4, -0.2) is 11.5 Å². The van der Waals surface area contributed by atoms with E-state index < -0.39 is 7.60 Å². The number of hydrogen-bond donors (Lipinski definition) is 2. The lowest BCUT2D eigenvalue weighted by molar-refractivity contribution is 0.264. The van der Waals surface area contributed by atoms with Crippen molar-refractivity contribution in [2.45, 2.75) is 19.8 Å². The number of unbranched alkanes of at least 4 members (excludes halogenated alkanes) is 1. The second-order valence-electron chi connectivity index (χ2n) is 3.30. The van der Waals surface area contributed by atoms with Gasteiger partial charge in [-0.2, -0.15) is 0 Å². The third kappa shape index (κ3) is 3.67. The molecule has 0 amide bonds. The summed E-state index contributed by atoms with van der Waals surface area (Å²) in [5.74, 6) is 0. The molecule has 0 aliphatic heterocycles. The SMILES string of the molecule is CCCCOP(=O)(O)c1ccc(N)cc1. The largest absolute Gasteiger partial charge is 0.399 e. The van der Waals surface area contributed by atoms with Gasteiger partial charge in [0.05, 0.1) is 11.9 Å². The molecule has 4 nitrogen and oxygen atoms in total. The Morgan fingerprint density at radius 1 is 1.40 bits per heavy atom. The van der Waals surface area contributed by atoms with Gasteiger partial charge in [0.1, 0.15) is 0 Å². The van der Waals surface area contributed by atoms with E-state index in [9.17, 15) is 9.46 Å². The van der Waals surface area contributed by atoms with Crippen molar-refractivity contribution in [3.63, 3.8) is 0 Å². The van der Waals surface area contributed by atoms with E-state index in [1.54, 1.807) is 12.1 Å². The Labute approximate surface area is 89.6 Å². The van der Waals surface area contributed by atoms with E-state index in [1.807, 2.05) is 6.92 Å². The number of nitrogen functional groups attached to an aromatic ring is 1. The second-order valence-corrected chi connectivity index (χ2v) is 5.11. The molecule has 5 heteroatoms. The molecule has 0 saturated carbocycles. The van der Waals surface area contributed by atoms with E-state index in [0.717, 1.165) is 12.8 Å². The summed E-state index contributed by atoms with van der Waals surface area (Å²) in [5.41, 5.74) is 6.04. The van der Waals surface area contributed by atoms with Crippen LogP contribution >= 0.6 is 7.60 Å². The quantitative estimate of drug-likeness (QED) is 0.459. The van der Waals surface area contributed by atoms with Gasteiger partial charge in [-0.25, -0.2) is 0 Å². The first-order valence-electron chi connectivity index (χ1n) is 4.89. The van der Waals surface area contributed by atoms with Gasteiger partial charge in [0, 0.05) is 5.69 Å². The Morgan fingerprint density at radius 3 is 2.53 bits per heavy atom. The molecule has 1 rings (SSSR count). The van der Waals surface area contributed by atoms with Crippen molar-refractivity contribution in [3.05, 3.63) is 24.3 Å². The van der Waals surface area contributed by atoms with Crippen LogP contribution in [0.2, 0.25) is 0 Å². The molecule has 0 spiro atoms. The van der Waals surface area contributed by atoms with Gasteiger partial charge in [-0.15, -0.1) is 0 Å². The van der Waals surface area contributed by atoms with Gasteiger partial charge >= 0.3 is 7.60 Å². The van der Waals surface area contributed by atoms with Gasteiger partial charge in [0.25, 0.3) is 0 Å². The summed E-state index contributed by atoms with van der Waals surface area (Å²) in [4.78, 5) is 9.60. The third-order valence-corrected chi connectivity index (χ3v) is 3.47. The molecule has 1 aromatic rings. The lowest BCUT2D eigenvalue weighted by Crippen LogP contribution is -2.07. The molecule has 15 heavy (non-hydrogen) atoms. The molecule has 0 fully saturated rings. The van der Waals surface area contributed by atoms with Gasteiger partial charge in [0.15, 0.2) is 0 Å². The number of rotatable bonds is 5. The minimum Gasteiger partial charge on any atom is -0.399 e. The maximum absolute atomic E-state index is 11.7. The summed E-state index contributed by atoms with van der Waals surface area (Å²) in [5, 5.41) is 0.285. The highest BCUT2D eigenvalue weighted by atomic mass is 31.2. The molecule has 0 saturated heterocycles. The van der Waals surface area contributed by atoms with Crippen molar-refractivity contribution in [2.24, 2.45) is 0 Å². The molecule has 0 radical (unpaired) electrons. The van der Waals surface area contributed by atoms with Crippen LogP contribution in [0.25, 0.3) is 0 Å². The minimum absolute atomic E-state index is 0.285. The highest BCUT2D eigenvalue weighted by Gasteiger charge is 2.21. The average Bonchev–Trinajstić information content (AvgIpc) is 2.18. The van der Waals surface area contributed by atoms with Crippen molar-refractivity contribution >= 4 is 18.6 Å². The molecule has 0 aliphatic rings. The van der Waals surface area contributed by atoms with Crippen LogP contribution in [0.1, 0.15) is 19.8 Å². The van der Waals surface area contributed by atoms with Crippen LogP contribution in [0, 0.1) is 0 Å². The van der Waals surface area contributed by atoms with Gasteiger partial charge in [0.2, 0.25) is 0 Å². The number of benzene rings is 1. The molecule has 0 heterocycles. The first-order chi connectivity index (χ1) is 7.06. The molecule has 1 aromatic carbocycles. The van der Waals surface area contributed by atoms with E-state index in [4.69, 9.17) is 10.3 Å². The van der Waals surface area contributed by atoms with Crippen LogP contribution in [0.15, 0.2) is 24.3 Å². The first kappa shape index (κ1) is 12.2. The van der Waals surface area contributed by atoms with Crippen LogP contribution in [0.4, 0.5) is 5.69 Å². The van der Waals surface area contributed by atoms with Gasteiger partial charge in [-0.1, -0.05) is 13.3 Å². The monoisotopic (exact) mass is 229 g/mol. The van der Waals surface area contributed by atoms with Crippen molar-refractivity contribution in [1.29, 1.82) is 0 Å². The van der Waals surface area contributed by atoms with Crippen molar-refractivity contribution in [3.8, 4) is 0 Å². The topological polar surface area (TPSA) is 72.5 Å². The van der Waals surface area contributed by atoms with Crippen LogP contribution in [-0.2, 0) is 9.09 Å². The zero-order chi connectivity index (χ0) is 11.3. The smallest absolute Gasteiger partial charge is 0.358 e. The summed E-state index contributed by atoms with van der Waals surface area (Å²) < 4.78 is 16.7. The third-order valence-electron chi connectivity index (χ3n) is 1.98. The molecule has 0 bridgehead atoms. The summed E-state index contributed by atoms with van der Waals surface area (Å²) in [6.45, 7) is 2.30. The predicted molar refractivity (Wildman–Crippen MR) is 61.2 cm³/mol. The fraction of sp³-hybridized carbons (Fsp3) is 0.400. The maximum Gasteiger partial charge on any atom is 0.358 e. The lowest BCUT2D eigenvalue weighted by atomic mass is 10.3. The summed E-state index contributed by atoms with van der Waals surface area (Å²) >= 11 is 0. The van der Waals surface area contributed by atoms with Crippen LogP contribution in [0.3, 0.4) is 0 Å². The van der Waals surface area contributed by atoms with E-state index >= 15 is 0 Å². The highest BCUT2D eigenvalue weighted by molar-refractivity contribution is 7.61. The van der Waals surface area contributed by atoms with Crippen molar-refractivity contribution < 1.29 is 14.0 Å². The Balaban J connectivity index is 2.68. The van der Waals surface area contributed by atoms with Gasteiger partial charge in [-0.3, -0.25) is 4.57 Å². The Kier molecular flexibility index (Phi) is 4.33. The molecular weight excluding hydrogens is 213 g/mol. The molecular formula is C10H16NO3P. The lowest BCUT2D eigenvalue weighted by Gasteiger charge is -2.11. The highest BCUT2D eigenvalue weighted by Crippen LogP contribution is 2.40. The van der Waals surface area contributed by atoms with Crippen molar-refractivity contribution in [2.75, 3.05) is 12.3 Å². The Bertz CT molecular complexity index is 350. The summed E-state index contributed by atoms with van der Waals surface area (Å²) in [6.07, 6.45) is 1.71. The maximum atomic E-state index is 11.7. The molecule has 3 N–H and O–H groups in total. The van der Waals surface area contributed by atoms with Crippen LogP contribution in [0.5, 0.6) is 0 Å². The normalized spacial score (nSPS) is 14.8. The zero-order valence-electron chi connectivity index (χ0n) is 8.72. The van der Waals surface area contributed by atoms with E-state index in [2.05, 4.69) is 0 Å². The Morgan fingerprint density at radius 2 is 2.00 bits per heavy atom.